The highest BCUT2D eigenvalue weighted by molar-refractivity contribution is 6.20. The minimum atomic E-state index is 0.0669. The Morgan fingerprint density at radius 1 is 1.04 bits per heavy atom. The molecule has 1 N–H and O–H groups in total. The zero-order valence-corrected chi connectivity index (χ0v) is 16.9. The molecule has 4 heteroatoms. The van der Waals surface area contributed by atoms with Crippen LogP contribution in [0, 0.1) is 29.6 Å². The predicted molar refractivity (Wildman–Crippen MR) is 103 cm³/mol. The van der Waals surface area contributed by atoms with Crippen LogP contribution in [0.2, 0.25) is 0 Å². The molecule has 0 aromatic rings. The largest absolute Gasteiger partial charge is 0.510 e. The average molecular weight is 368 g/mol. The molecule has 25 heavy (non-hydrogen) atoms. The van der Waals surface area contributed by atoms with E-state index in [-0.39, 0.29) is 17.9 Å². The molecule has 2 unspecified atom stereocenters. The van der Waals surface area contributed by atoms with E-state index < -0.39 is 0 Å². The van der Waals surface area contributed by atoms with Gasteiger partial charge in [0.25, 0.3) is 5.91 Å². The molecule has 1 amide bonds. The van der Waals surface area contributed by atoms with Crippen molar-refractivity contribution >= 4 is 17.5 Å². The fourth-order valence-corrected chi connectivity index (χ4v) is 6.01. The molecule has 0 radical (unpaired) electrons. The minimum absolute atomic E-state index is 0.0669. The zero-order valence-electron chi connectivity index (χ0n) is 16.2. The van der Waals surface area contributed by atoms with Crippen LogP contribution in [0.25, 0.3) is 0 Å². The molecule has 3 rings (SSSR count). The molecule has 0 spiro atoms. The number of rotatable bonds is 3. The third-order valence-corrected chi connectivity index (χ3v) is 7.46. The van der Waals surface area contributed by atoms with E-state index in [9.17, 15) is 9.90 Å². The summed E-state index contributed by atoms with van der Waals surface area (Å²) in [5.74, 6) is 3.06. The van der Waals surface area contributed by atoms with Crippen molar-refractivity contribution in [1.82, 2.24) is 4.90 Å². The van der Waals surface area contributed by atoms with Crippen LogP contribution in [0.15, 0.2) is 11.3 Å². The first-order valence-electron chi connectivity index (χ1n) is 10.2. The van der Waals surface area contributed by atoms with Crippen molar-refractivity contribution in [3.05, 3.63) is 11.3 Å². The first-order chi connectivity index (χ1) is 11.8. The lowest BCUT2D eigenvalue weighted by Crippen LogP contribution is -2.39. The van der Waals surface area contributed by atoms with Crippen molar-refractivity contribution in [2.45, 2.75) is 77.6 Å². The van der Waals surface area contributed by atoms with Gasteiger partial charge in [0.05, 0.1) is 12.1 Å². The Bertz CT molecular complexity index is 524. The number of carbonyl (C=O) groups excluding carboxylic acids is 1. The van der Waals surface area contributed by atoms with Crippen LogP contribution in [-0.4, -0.2) is 33.9 Å². The highest BCUT2D eigenvalue weighted by atomic mass is 35.5. The Balaban J connectivity index is 1.71. The second-order valence-electron chi connectivity index (χ2n) is 9.11. The quantitative estimate of drug-likeness (QED) is 0.701. The number of aliphatic hydroxyl groups is 1. The van der Waals surface area contributed by atoms with Gasteiger partial charge in [0.1, 0.15) is 5.76 Å². The Morgan fingerprint density at radius 2 is 1.60 bits per heavy atom. The summed E-state index contributed by atoms with van der Waals surface area (Å²) in [7, 11) is 0. The summed E-state index contributed by atoms with van der Waals surface area (Å²) in [4.78, 5) is 14.7. The Kier molecular flexibility index (Phi) is 5.72. The molecule has 0 bridgehead atoms. The van der Waals surface area contributed by atoms with Crippen LogP contribution in [0.4, 0.5) is 0 Å². The summed E-state index contributed by atoms with van der Waals surface area (Å²) in [5, 5.41) is 10.9. The van der Waals surface area contributed by atoms with Gasteiger partial charge in [-0.05, 0) is 82.0 Å². The highest BCUT2D eigenvalue weighted by Crippen LogP contribution is 2.49. The van der Waals surface area contributed by atoms with Crippen LogP contribution >= 0.6 is 11.6 Å². The van der Waals surface area contributed by atoms with Gasteiger partial charge in [-0.3, -0.25) is 4.79 Å². The predicted octanol–water partition coefficient (Wildman–Crippen LogP) is 5.15. The van der Waals surface area contributed by atoms with E-state index in [2.05, 4.69) is 13.8 Å². The van der Waals surface area contributed by atoms with E-state index in [1.165, 1.54) is 25.7 Å². The van der Waals surface area contributed by atoms with Crippen molar-refractivity contribution in [2.75, 3.05) is 6.54 Å². The second-order valence-corrected chi connectivity index (χ2v) is 9.73. The number of halogens is 1. The van der Waals surface area contributed by atoms with Crippen molar-refractivity contribution in [2.24, 2.45) is 29.6 Å². The van der Waals surface area contributed by atoms with E-state index in [0.29, 0.717) is 29.5 Å². The maximum absolute atomic E-state index is 12.9. The molecule has 142 valence electrons. The normalized spacial score (nSPS) is 40.2. The van der Waals surface area contributed by atoms with Crippen LogP contribution < -0.4 is 0 Å². The number of amides is 1. The molecule has 2 aliphatic carbocycles. The fraction of sp³-hybridized carbons (Fsp3) is 0.857. The number of hydrogen-bond acceptors (Lipinski definition) is 2. The first-order valence-corrected chi connectivity index (χ1v) is 10.6. The minimum Gasteiger partial charge on any atom is -0.510 e. The molecule has 3 aliphatic rings. The maximum Gasteiger partial charge on any atom is 0.254 e. The monoisotopic (exact) mass is 367 g/mol. The van der Waals surface area contributed by atoms with Crippen molar-refractivity contribution in [1.29, 1.82) is 0 Å². The lowest BCUT2D eigenvalue weighted by molar-refractivity contribution is -0.128. The topological polar surface area (TPSA) is 40.5 Å². The molecule has 0 aromatic carbocycles. The highest BCUT2D eigenvalue weighted by Gasteiger charge is 2.45. The molecular weight excluding hydrogens is 334 g/mol. The van der Waals surface area contributed by atoms with Gasteiger partial charge in [-0.15, -0.1) is 11.6 Å². The summed E-state index contributed by atoms with van der Waals surface area (Å²) in [6, 6.07) is 0.139. The van der Waals surface area contributed by atoms with E-state index in [1.54, 1.807) is 4.90 Å². The second kappa shape index (κ2) is 7.50. The van der Waals surface area contributed by atoms with Crippen molar-refractivity contribution in [3.63, 3.8) is 0 Å². The van der Waals surface area contributed by atoms with Gasteiger partial charge in [0.2, 0.25) is 0 Å². The van der Waals surface area contributed by atoms with Gasteiger partial charge in [-0.25, -0.2) is 0 Å². The van der Waals surface area contributed by atoms with Crippen LogP contribution in [0.3, 0.4) is 0 Å². The molecule has 1 heterocycles. The van der Waals surface area contributed by atoms with E-state index in [1.807, 2.05) is 13.8 Å². The van der Waals surface area contributed by atoms with E-state index in [0.717, 1.165) is 30.3 Å². The van der Waals surface area contributed by atoms with Crippen molar-refractivity contribution < 1.29 is 9.90 Å². The molecule has 3 nitrogen and oxygen atoms in total. The van der Waals surface area contributed by atoms with Crippen LogP contribution in [0.1, 0.15) is 66.2 Å². The Hall–Kier alpha value is -0.700. The molecule has 0 saturated heterocycles. The number of aliphatic hydroxyl groups excluding tert-OH is 1. The third kappa shape index (κ3) is 3.72. The van der Waals surface area contributed by atoms with Crippen LogP contribution in [-0.2, 0) is 4.79 Å². The van der Waals surface area contributed by atoms with Gasteiger partial charge in [-0.1, -0.05) is 13.8 Å². The number of carbonyl (C=O) groups is 1. The van der Waals surface area contributed by atoms with Gasteiger partial charge < -0.3 is 10.0 Å². The summed E-state index contributed by atoms with van der Waals surface area (Å²) >= 11 is 6.28. The maximum atomic E-state index is 12.9. The fourth-order valence-electron chi connectivity index (χ4n) is 5.76. The Morgan fingerprint density at radius 3 is 2.08 bits per heavy atom. The molecule has 1 aliphatic heterocycles. The average Bonchev–Trinajstić information content (AvgIpc) is 2.83. The summed E-state index contributed by atoms with van der Waals surface area (Å²) in [5.41, 5.74) is 0.719. The number of nitrogens with zero attached hydrogens (tertiary/aromatic N) is 1. The molecular formula is C21H34ClNO2. The number of hydrogen-bond donors (Lipinski definition) is 1. The van der Waals surface area contributed by atoms with Crippen molar-refractivity contribution in [3.8, 4) is 0 Å². The van der Waals surface area contributed by atoms with E-state index in [4.69, 9.17) is 11.6 Å². The zero-order chi connectivity index (χ0) is 18.3. The molecule has 2 fully saturated rings. The van der Waals surface area contributed by atoms with Crippen LogP contribution in [0.5, 0.6) is 0 Å². The van der Waals surface area contributed by atoms with Gasteiger partial charge in [0.15, 0.2) is 0 Å². The lowest BCUT2D eigenvalue weighted by Gasteiger charge is -2.44. The van der Waals surface area contributed by atoms with Gasteiger partial charge in [0, 0.05) is 11.4 Å². The van der Waals surface area contributed by atoms with E-state index >= 15 is 0 Å². The summed E-state index contributed by atoms with van der Waals surface area (Å²) in [6.07, 6.45) is 7.19. The first kappa shape index (κ1) is 19.1. The van der Waals surface area contributed by atoms with Gasteiger partial charge >= 0.3 is 0 Å². The lowest BCUT2D eigenvalue weighted by atomic mass is 9.61. The summed E-state index contributed by atoms with van der Waals surface area (Å²) in [6.45, 7) is 9.00. The van der Waals surface area contributed by atoms with Gasteiger partial charge in [-0.2, -0.15) is 0 Å². The molecule has 2 atom stereocenters. The Labute approximate surface area is 157 Å². The molecule has 0 aromatic heterocycles. The smallest absolute Gasteiger partial charge is 0.254 e. The third-order valence-electron chi connectivity index (χ3n) is 7.02. The number of alkyl halides is 1. The molecule has 2 saturated carbocycles. The summed E-state index contributed by atoms with van der Waals surface area (Å²) < 4.78 is 0. The standard InChI is InChI=1S/C21H34ClNO2/c1-12(2)23-11-18(24)20(21(23)25)19-13(3)9-16(10-14(19)4)15-5-7-17(22)8-6-15/h12-17,19,24H,5-11H2,1-4H3. The SMILES string of the molecule is CC1CC(C2CCC(Cl)CC2)CC(C)C1C1=C(O)CN(C(C)C)C1=O.